The van der Waals surface area contributed by atoms with E-state index in [0.29, 0.717) is 22.9 Å². The van der Waals surface area contributed by atoms with Crippen LogP contribution in [-0.2, 0) is 17.6 Å². The van der Waals surface area contributed by atoms with Crippen molar-refractivity contribution in [2.75, 3.05) is 11.9 Å². The number of ether oxygens (including phenoxy) is 1. The number of rotatable bonds is 4. The van der Waals surface area contributed by atoms with Gasteiger partial charge in [0.15, 0.2) is 0 Å². The molecule has 0 radical (unpaired) electrons. The van der Waals surface area contributed by atoms with Crippen molar-refractivity contribution in [2.45, 2.75) is 39.5 Å². The van der Waals surface area contributed by atoms with Crippen molar-refractivity contribution < 1.29 is 14.3 Å². The molecule has 0 unspecified atom stereocenters. The Bertz CT molecular complexity index is 1030. The summed E-state index contributed by atoms with van der Waals surface area (Å²) < 4.78 is 7.05. The Balaban J connectivity index is 1.67. The zero-order chi connectivity index (χ0) is 19.0. The number of amides is 1. The van der Waals surface area contributed by atoms with Crippen LogP contribution < -0.4 is 5.32 Å². The fourth-order valence-corrected chi connectivity index (χ4v) is 4.71. The Kier molecular flexibility index (Phi) is 4.70. The molecule has 0 fully saturated rings. The molecule has 0 spiro atoms. The van der Waals surface area contributed by atoms with Crippen molar-refractivity contribution in [3.8, 4) is 0 Å². The van der Waals surface area contributed by atoms with Crippen LogP contribution in [0.3, 0.4) is 0 Å². The molecule has 27 heavy (non-hydrogen) atoms. The van der Waals surface area contributed by atoms with Crippen LogP contribution in [-0.4, -0.2) is 27.9 Å². The van der Waals surface area contributed by atoms with E-state index in [1.165, 1.54) is 16.2 Å². The van der Waals surface area contributed by atoms with Crippen molar-refractivity contribution in [3.63, 3.8) is 0 Å². The lowest BCUT2D eigenvalue weighted by molar-refractivity contribution is 0.0526. The van der Waals surface area contributed by atoms with Crippen LogP contribution in [0.2, 0.25) is 0 Å². The number of nitrogens with one attached hydrogen (secondary N) is 1. The molecule has 0 bridgehead atoms. The molecule has 0 saturated carbocycles. The van der Waals surface area contributed by atoms with Crippen molar-refractivity contribution in [1.82, 2.24) is 9.38 Å². The van der Waals surface area contributed by atoms with Gasteiger partial charge in [-0.3, -0.25) is 4.79 Å². The molecule has 6 nitrogen and oxygen atoms in total. The second-order valence-electron chi connectivity index (χ2n) is 6.69. The first-order chi connectivity index (χ1) is 13.1. The first-order valence-electron chi connectivity index (χ1n) is 9.15. The summed E-state index contributed by atoms with van der Waals surface area (Å²) >= 11 is 1.48. The zero-order valence-electron chi connectivity index (χ0n) is 15.4. The van der Waals surface area contributed by atoms with Gasteiger partial charge in [0.25, 0.3) is 5.91 Å². The van der Waals surface area contributed by atoms with E-state index < -0.39 is 0 Å². The molecule has 0 atom stereocenters. The first-order valence-corrected chi connectivity index (χ1v) is 9.97. The highest BCUT2D eigenvalue weighted by atomic mass is 32.1. The topological polar surface area (TPSA) is 72.7 Å². The van der Waals surface area contributed by atoms with E-state index in [-0.39, 0.29) is 11.9 Å². The van der Waals surface area contributed by atoms with Crippen LogP contribution in [0.5, 0.6) is 0 Å². The van der Waals surface area contributed by atoms with Crippen LogP contribution in [0.15, 0.2) is 24.5 Å². The summed E-state index contributed by atoms with van der Waals surface area (Å²) in [6.45, 7) is 4.08. The van der Waals surface area contributed by atoms with Gasteiger partial charge < -0.3 is 14.5 Å². The van der Waals surface area contributed by atoms with E-state index >= 15 is 0 Å². The lowest BCUT2D eigenvalue weighted by Crippen LogP contribution is -2.16. The number of hydrogen-bond acceptors (Lipinski definition) is 5. The van der Waals surface area contributed by atoms with Gasteiger partial charge in [0.2, 0.25) is 0 Å². The number of aromatic nitrogens is 2. The van der Waals surface area contributed by atoms with Gasteiger partial charge in [-0.05, 0) is 62.8 Å². The third-order valence-corrected chi connectivity index (χ3v) is 5.93. The highest BCUT2D eigenvalue weighted by molar-refractivity contribution is 7.17. The minimum atomic E-state index is -0.363. The van der Waals surface area contributed by atoms with Crippen LogP contribution in [0.25, 0.3) is 5.65 Å². The summed E-state index contributed by atoms with van der Waals surface area (Å²) in [5.41, 5.74) is 3.67. The van der Waals surface area contributed by atoms with Crippen molar-refractivity contribution in [3.05, 3.63) is 51.8 Å². The van der Waals surface area contributed by atoms with Gasteiger partial charge in [-0.25, -0.2) is 9.78 Å². The van der Waals surface area contributed by atoms with Gasteiger partial charge >= 0.3 is 5.97 Å². The molecule has 7 heteroatoms. The van der Waals surface area contributed by atoms with Crippen LogP contribution in [0, 0.1) is 6.92 Å². The van der Waals surface area contributed by atoms with Gasteiger partial charge in [0.1, 0.15) is 16.3 Å². The summed E-state index contributed by atoms with van der Waals surface area (Å²) in [4.78, 5) is 30.9. The molecular weight excluding hydrogens is 362 g/mol. The Labute approximate surface area is 161 Å². The molecule has 4 rings (SSSR count). The number of aryl methyl sites for hydroxylation is 2. The summed E-state index contributed by atoms with van der Waals surface area (Å²) in [6, 6.07) is 3.88. The van der Waals surface area contributed by atoms with Gasteiger partial charge in [-0.1, -0.05) is 0 Å². The van der Waals surface area contributed by atoms with Crippen molar-refractivity contribution in [1.29, 1.82) is 0 Å². The maximum Gasteiger partial charge on any atom is 0.341 e. The molecule has 3 aromatic rings. The quantitative estimate of drug-likeness (QED) is 0.691. The summed E-state index contributed by atoms with van der Waals surface area (Å²) in [5, 5.41) is 3.47. The minimum Gasteiger partial charge on any atom is -0.462 e. The second-order valence-corrected chi connectivity index (χ2v) is 7.79. The van der Waals surface area contributed by atoms with E-state index in [0.717, 1.165) is 42.5 Å². The molecule has 140 valence electrons. The average Bonchev–Trinajstić information content (AvgIpc) is 3.22. The number of pyridine rings is 1. The van der Waals surface area contributed by atoms with E-state index in [9.17, 15) is 9.59 Å². The predicted molar refractivity (Wildman–Crippen MR) is 105 cm³/mol. The normalized spacial score (nSPS) is 13.4. The van der Waals surface area contributed by atoms with E-state index in [4.69, 9.17) is 4.74 Å². The van der Waals surface area contributed by atoms with Crippen molar-refractivity contribution in [2.24, 2.45) is 0 Å². The number of fused-ring (bicyclic) bond motifs is 2. The number of thiophene rings is 1. The second kappa shape index (κ2) is 7.15. The molecule has 0 aromatic carbocycles. The lowest BCUT2D eigenvalue weighted by atomic mass is 9.95. The van der Waals surface area contributed by atoms with E-state index in [2.05, 4.69) is 10.3 Å². The first kappa shape index (κ1) is 17.7. The highest BCUT2D eigenvalue weighted by Gasteiger charge is 2.27. The molecule has 3 aromatic heterocycles. The zero-order valence-corrected chi connectivity index (χ0v) is 16.2. The standard InChI is InChI=1S/C20H21N3O3S/c1-3-26-20(25)17-13-6-4-5-7-15(13)27-19(17)22-18(24)14-11-23-9-8-12(2)10-16(23)21-14/h8-11H,3-7H2,1-2H3,(H,22,24). The number of hydrogen-bond donors (Lipinski definition) is 1. The van der Waals surface area contributed by atoms with E-state index in [1.807, 2.05) is 29.7 Å². The average molecular weight is 383 g/mol. The summed E-state index contributed by atoms with van der Waals surface area (Å²) in [5.74, 6) is -0.682. The van der Waals surface area contributed by atoms with Crippen molar-refractivity contribution >= 4 is 33.9 Å². The number of anilines is 1. The largest absolute Gasteiger partial charge is 0.462 e. The highest BCUT2D eigenvalue weighted by Crippen LogP contribution is 2.38. The third kappa shape index (κ3) is 3.35. The molecule has 1 amide bonds. The Morgan fingerprint density at radius 1 is 1.33 bits per heavy atom. The number of carbonyl (C=O) groups excluding carboxylic acids is 2. The molecule has 1 N–H and O–H groups in total. The van der Waals surface area contributed by atoms with Gasteiger partial charge in [-0.2, -0.15) is 0 Å². The predicted octanol–water partition coefficient (Wildman–Crippen LogP) is 4.01. The molecule has 1 aliphatic carbocycles. The number of imidazole rings is 1. The number of nitrogens with zero attached hydrogens (tertiary/aromatic N) is 2. The smallest absolute Gasteiger partial charge is 0.341 e. The van der Waals surface area contributed by atoms with Crippen LogP contribution >= 0.6 is 11.3 Å². The fraction of sp³-hybridized carbons (Fsp3) is 0.350. The third-order valence-electron chi connectivity index (χ3n) is 4.73. The monoisotopic (exact) mass is 383 g/mol. The molecule has 0 saturated heterocycles. The van der Waals surface area contributed by atoms with Gasteiger partial charge in [0.05, 0.1) is 12.2 Å². The summed E-state index contributed by atoms with van der Waals surface area (Å²) in [6.07, 6.45) is 7.52. The van der Waals surface area contributed by atoms with Gasteiger partial charge in [0, 0.05) is 17.3 Å². The van der Waals surface area contributed by atoms with Gasteiger partial charge in [-0.15, -0.1) is 11.3 Å². The maximum absolute atomic E-state index is 12.8. The number of esters is 1. The molecule has 1 aliphatic rings. The van der Waals surface area contributed by atoms with Crippen LogP contribution in [0.4, 0.5) is 5.00 Å². The summed E-state index contributed by atoms with van der Waals surface area (Å²) in [7, 11) is 0. The molecular formula is C20H21N3O3S. The number of carbonyl (C=O) groups is 2. The minimum absolute atomic E-state index is 0.308. The molecule has 0 aliphatic heterocycles. The maximum atomic E-state index is 12.8. The Hall–Kier alpha value is -2.67. The van der Waals surface area contributed by atoms with Crippen LogP contribution in [0.1, 0.15) is 56.6 Å². The van der Waals surface area contributed by atoms with E-state index in [1.54, 1.807) is 13.1 Å². The lowest BCUT2D eigenvalue weighted by Gasteiger charge is -2.12. The molecule has 3 heterocycles. The fourth-order valence-electron chi connectivity index (χ4n) is 3.43. The Morgan fingerprint density at radius 2 is 2.15 bits per heavy atom. The SMILES string of the molecule is CCOC(=O)c1c(NC(=O)c2cn3ccc(C)cc3n2)sc2c1CCCC2. The Morgan fingerprint density at radius 3 is 2.96 bits per heavy atom.